The van der Waals surface area contributed by atoms with Gasteiger partial charge in [0, 0.05) is 39.9 Å². The quantitative estimate of drug-likeness (QED) is 0.202. The normalized spacial score (nSPS) is 17.0. The molecule has 17 heteroatoms. The van der Waals surface area contributed by atoms with Gasteiger partial charge in [-0.25, -0.2) is 9.36 Å². The fraction of sp³-hybridized carbons (Fsp3) is 0.290. The molecule has 0 radical (unpaired) electrons. The zero-order valence-corrected chi connectivity index (χ0v) is 26.0. The van der Waals surface area contributed by atoms with Gasteiger partial charge in [0.15, 0.2) is 5.69 Å². The van der Waals surface area contributed by atoms with E-state index in [0.29, 0.717) is 29.6 Å². The average Bonchev–Trinajstić information content (AvgIpc) is 3.71. The highest BCUT2D eigenvalue weighted by molar-refractivity contribution is 6.31. The molecule has 1 unspecified atom stereocenters. The first-order valence-electron chi connectivity index (χ1n) is 14.6. The van der Waals surface area contributed by atoms with Crippen molar-refractivity contribution in [1.29, 1.82) is 0 Å². The van der Waals surface area contributed by atoms with Gasteiger partial charge in [0.2, 0.25) is 5.91 Å². The van der Waals surface area contributed by atoms with Crippen LogP contribution in [-0.2, 0) is 11.0 Å². The minimum atomic E-state index is -4.73. The number of benzene rings is 1. The number of ether oxygens (including phenoxy) is 1. The summed E-state index contributed by atoms with van der Waals surface area (Å²) in [5.74, 6) is -0.697. The second-order valence-corrected chi connectivity index (χ2v) is 11.6. The van der Waals surface area contributed by atoms with Crippen LogP contribution in [0.3, 0.4) is 0 Å². The van der Waals surface area contributed by atoms with E-state index in [2.05, 4.69) is 25.7 Å². The van der Waals surface area contributed by atoms with Crippen molar-refractivity contribution in [3.8, 4) is 33.8 Å². The van der Waals surface area contributed by atoms with E-state index < -0.39 is 35.9 Å². The summed E-state index contributed by atoms with van der Waals surface area (Å²) in [5.41, 5.74) is -0.379. The van der Waals surface area contributed by atoms with E-state index in [0.717, 1.165) is 17.1 Å². The number of carbonyl (C=O) groups is 1. The molecular formula is C31H26ClF5N8O3. The summed E-state index contributed by atoms with van der Waals surface area (Å²) < 4.78 is 76.4. The fourth-order valence-corrected chi connectivity index (χ4v) is 5.85. The standard InChI is InChI=1S/C31H26ClF5N8O3/c1-16-4-3-5-24(21-10-17(8-9-38-21)28-22(40-29(16)47)13-39-45(28)30(33)34)43-14-25(48-2)20(12-27(43)46)19-11-18(32)6-7-23(19)44-15-26(41-42-44)31(35,36)37/h6-16,24,30H,3-5H2,1-2H3,(H,40,47)/t16-,24?/m1/s1. The molecule has 250 valence electrons. The second kappa shape index (κ2) is 12.8. The zero-order chi connectivity index (χ0) is 34.3. The van der Waals surface area contributed by atoms with Gasteiger partial charge in [0.05, 0.1) is 54.5 Å². The van der Waals surface area contributed by atoms with Gasteiger partial charge in [-0.05, 0) is 43.2 Å². The second-order valence-electron chi connectivity index (χ2n) is 11.1. The molecule has 2 bridgehead atoms. The molecule has 5 heterocycles. The summed E-state index contributed by atoms with van der Waals surface area (Å²) in [6.07, 6.45) is 1.24. The van der Waals surface area contributed by atoms with Crippen molar-refractivity contribution in [2.75, 3.05) is 12.4 Å². The monoisotopic (exact) mass is 688 g/mol. The molecule has 1 aliphatic rings. The number of hydrogen-bond donors (Lipinski definition) is 1. The molecule has 48 heavy (non-hydrogen) atoms. The van der Waals surface area contributed by atoms with Gasteiger partial charge in [0.25, 0.3) is 5.56 Å². The van der Waals surface area contributed by atoms with E-state index in [9.17, 15) is 31.5 Å². The summed E-state index contributed by atoms with van der Waals surface area (Å²) in [6, 6.07) is 7.95. The van der Waals surface area contributed by atoms with Crippen LogP contribution in [0.5, 0.6) is 5.75 Å². The molecule has 11 nitrogen and oxygen atoms in total. The highest BCUT2D eigenvalue weighted by atomic mass is 35.5. The molecule has 0 aliphatic carbocycles. The number of methoxy groups -OCH3 is 1. The van der Waals surface area contributed by atoms with Crippen molar-refractivity contribution in [2.24, 2.45) is 5.92 Å². The van der Waals surface area contributed by atoms with Crippen LogP contribution in [0, 0.1) is 5.92 Å². The molecule has 4 aromatic heterocycles. The molecule has 0 spiro atoms. The number of pyridine rings is 2. The number of anilines is 1. The van der Waals surface area contributed by atoms with Crippen LogP contribution in [0.25, 0.3) is 28.1 Å². The van der Waals surface area contributed by atoms with Crippen LogP contribution < -0.4 is 15.6 Å². The number of nitrogens with zero attached hydrogens (tertiary/aromatic N) is 7. The van der Waals surface area contributed by atoms with Crippen LogP contribution in [0.2, 0.25) is 5.02 Å². The summed E-state index contributed by atoms with van der Waals surface area (Å²) >= 11 is 6.29. The molecule has 5 aromatic rings. The molecule has 1 aliphatic heterocycles. The summed E-state index contributed by atoms with van der Waals surface area (Å²) in [7, 11) is 1.36. The highest BCUT2D eigenvalue weighted by Gasteiger charge is 2.35. The van der Waals surface area contributed by atoms with Gasteiger partial charge in [-0.15, -0.1) is 5.10 Å². The number of aromatic nitrogens is 7. The molecule has 0 fully saturated rings. The molecule has 2 atom stereocenters. The Labute approximate surface area is 273 Å². The van der Waals surface area contributed by atoms with E-state index in [-0.39, 0.29) is 50.4 Å². The number of fused-ring (bicyclic) bond motifs is 4. The lowest BCUT2D eigenvalue weighted by Gasteiger charge is -2.24. The van der Waals surface area contributed by atoms with Gasteiger partial charge < -0.3 is 14.6 Å². The van der Waals surface area contributed by atoms with Crippen molar-refractivity contribution in [2.45, 2.75) is 45.0 Å². The summed E-state index contributed by atoms with van der Waals surface area (Å²) in [5, 5.41) is 13.6. The third kappa shape index (κ3) is 6.26. The number of nitrogens with one attached hydrogen (secondary N) is 1. The molecule has 1 aromatic carbocycles. The SMILES string of the molecule is COc1cn(C2CCC[C@@H](C)C(=O)Nc3cnn(C(F)F)c3-c3ccnc2c3)c(=O)cc1-c1cc(Cl)ccc1-n1cc(C(F)(F)F)nn1. The first-order valence-corrected chi connectivity index (χ1v) is 15.0. The van der Waals surface area contributed by atoms with Crippen LogP contribution in [-0.4, -0.2) is 47.3 Å². The van der Waals surface area contributed by atoms with Gasteiger partial charge in [-0.1, -0.05) is 30.2 Å². The maximum atomic E-state index is 14.0. The van der Waals surface area contributed by atoms with E-state index in [1.807, 2.05) is 0 Å². The molecule has 6 rings (SSSR count). The molecule has 0 saturated heterocycles. The minimum Gasteiger partial charge on any atom is -0.495 e. The van der Waals surface area contributed by atoms with Crippen LogP contribution in [0.1, 0.15) is 50.2 Å². The number of rotatable bonds is 5. The largest absolute Gasteiger partial charge is 0.495 e. The maximum absolute atomic E-state index is 14.0. The Morgan fingerprint density at radius 3 is 2.56 bits per heavy atom. The zero-order valence-electron chi connectivity index (χ0n) is 25.2. The predicted octanol–water partition coefficient (Wildman–Crippen LogP) is 6.78. The number of amides is 1. The maximum Gasteiger partial charge on any atom is 0.436 e. The number of alkyl halides is 5. The van der Waals surface area contributed by atoms with Crippen LogP contribution >= 0.6 is 11.6 Å². The fourth-order valence-electron chi connectivity index (χ4n) is 5.68. The van der Waals surface area contributed by atoms with Crippen molar-refractivity contribution >= 4 is 23.2 Å². The number of carbonyl (C=O) groups excluding carboxylic acids is 1. The van der Waals surface area contributed by atoms with Crippen LogP contribution in [0.15, 0.2) is 66.0 Å². The molecule has 1 amide bonds. The Kier molecular flexibility index (Phi) is 8.76. The van der Waals surface area contributed by atoms with Crippen molar-refractivity contribution in [3.63, 3.8) is 0 Å². The van der Waals surface area contributed by atoms with Gasteiger partial charge >= 0.3 is 12.7 Å². The smallest absolute Gasteiger partial charge is 0.436 e. The lowest BCUT2D eigenvalue weighted by atomic mass is 9.96. The Morgan fingerprint density at radius 1 is 1.06 bits per heavy atom. The van der Waals surface area contributed by atoms with Crippen molar-refractivity contribution in [1.82, 2.24) is 34.3 Å². The summed E-state index contributed by atoms with van der Waals surface area (Å²) in [6.45, 7) is -1.29. The van der Waals surface area contributed by atoms with E-state index in [1.54, 1.807) is 13.0 Å². The van der Waals surface area contributed by atoms with Gasteiger partial charge in [-0.2, -0.15) is 27.1 Å². The molecular weight excluding hydrogens is 663 g/mol. The Balaban J connectivity index is 1.49. The Morgan fingerprint density at radius 2 is 1.85 bits per heavy atom. The highest BCUT2D eigenvalue weighted by Crippen LogP contribution is 2.38. The van der Waals surface area contributed by atoms with Crippen molar-refractivity contribution < 1.29 is 31.5 Å². The number of halogens is 6. The Hall–Kier alpha value is -5.12. The molecule has 0 saturated carbocycles. The lowest BCUT2D eigenvalue weighted by Crippen LogP contribution is -2.27. The van der Waals surface area contributed by atoms with Crippen LogP contribution in [0.4, 0.5) is 27.6 Å². The minimum absolute atomic E-state index is 0.0240. The average molecular weight is 689 g/mol. The summed E-state index contributed by atoms with van der Waals surface area (Å²) in [4.78, 5) is 31.4. The first-order chi connectivity index (χ1) is 22.8. The van der Waals surface area contributed by atoms with Gasteiger partial charge in [-0.3, -0.25) is 14.6 Å². The number of hydrogen-bond acceptors (Lipinski definition) is 7. The molecule has 1 N–H and O–H groups in total. The van der Waals surface area contributed by atoms with Gasteiger partial charge in [0.1, 0.15) is 5.75 Å². The van der Waals surface area contributed by atoms with E-state index >= 15 is 0 Å². The Bertz CT molecular complexity index is 2060. The predicted molar refractivity (Wildman–Crippen MR) is 164 cm³/mol. The van der Waals surface area contributed by atoms with E-state index in [1.165, 1.54) is 54.4 Å². The third-order valence-corrected chi connectivity index (χ3v) is 8.31. The third-order valence-electron chi connectivity index (χ3n) is 8.08. The topological polar surface area (TPSA) is 122 Å². The first kappa shape index (κ1) is 32.8. The van der Waals surface area contributed by atoms with Crippen molar-refractivity contribution in [3.05, 3.63) is 87.9 Å². The lowest BCUT2D eigenvalue weighted by molar-refractivity contribution is -0.141. The van der Waals surface area contributed by atoms with E-state index in [4.69, 9.17) is 16.3 Å².